The summed E-state index contributed by atoms with van der Waals surface area (Å²) in [7, 11) is -3.04. The second-order valence-electron chi connectivity index (χ2n) is 12.2. The molecule has 1 atom stereocenters. The summed E-state index contributed by atoms with van der Waals surface area (Å²) in [6.07, 6.45) is -2.78. The molecule has 0 heterocycles. The third-order valence-electron chi connectivity index (χ3n) is 5.85. The molecular formula is C33H41N4O9P. The molecule has 0 bridgehead atoms. The standard InChI is InChI=1S/C33H41N4O9P/c1-32(2,3)43-30(39)36-28(34)37(31(40)44-33(4,5)6)24-20-18-23(19-21-24)22-27(35-29(38)42-7)47(41,45-25-14-10-8-11-15-25)46-26-16-12-9-13-17-26/h8-21,27H,22H2,1-7H3,(H,35,38)(H2,34,36,39). The van der Waals surface area contributed by atoms with Crippen molar-refractivity contribution in [1.82, 2.24) is 10.6 Å². The minimum atomic E-state index is -4.22. The number of guanidine groups is 1. The SMILES string of the molecule is COC(=O)NC(Cc1ccc(N(C(=N)NC(=O)OC(C)(C)C)C(=O)OC(C)(C)C)cc1)P(=O)(Oc1ccccc1)Oc1ccccc1. The summed E-state index contributed by atoms with van der Waals surface area (Å²) < 4.78 is 41.9. The quantitative estimate of drug-likeness (QED) is 0.0908. The van der Waals surface area contributed by atoms with Gasteiger partial charge in [0.1, 0.15) is 22.7 Å². The summed E-state index contributed by atoms with van der Waals surface area (Å²) in [6, 6.07) is 23.0. The second-order valence-corrected chi connectivity index (χ2v) is 14.2. The van der Waals surface area contributed by atoms with Crippen LogP contribution in [0.2, 0.25) is 0 Å². The van der Waals surface area contributed by atoms with Gasteiger partial charge in [0.15, 0.2) is 5.78 Å². The number of hydrogen-bond acceptors (Lipinski definition) is 10. The van der Waals surface area contributed by atoms with E-state index in [0.29, 0.717) is 5.56 Å². The van der Waals surface area contributed by atoms with Crippen molar-refractivity contribution in [2.24, 2.45) is 0 Å². The van der Waals surface area contributed by atoms with Crippen molar-refractivity contribution in [1.29, 1.82) is 5.41 Å². The fraction of sp³-hybridized carbons (Fsp3) is 0.333. The lowest BCUT2D eigenvalue weighted by Crippen LogP contribution is -2.49. The molecule has 3 N–H and O–H groups in total. The molecule has 3 aromatic carbocycles. The summed E-state index contributed by atoms with van der Waals surface area (Å²) in [5.74, 6) is -1.34. The number of nitrogens with zero attached hydrogens (tertiary/aromatic N) is 1. The van der Waals surface area contributed by atoms with Gasteiger partial charge in [-0.05, 0) is 83.5 Å². The zero-order valence-electron chi connectivity index (χ0n) is 27.4. The van der Waals surface area contributed by atoms with Crippen LogP contribution in [-0.4, -0.2) is 48.3 Å². The highest BCUT2D eigenvalue weighted by Gasteiger charge is 2.41. The Morgan fingerprint density at radius 1 is 0.766 bits per heavy atom. The van der Waals surface area contributed by atoms with E-state index in [1.165, 1.54) is 19.2 Å². The highest BCUT2D eigenvalue weighted by atomic mass is 31.2. The predicted molar refractivity (Wildman–Crippen MR) is 177 cm³/mol. The van der Waals surface area contributed by atoms with Gasteiger partial charge in [-0.3, -0.25) is 10.7 Å². The molecule has 0 aromatic heterocycles. The number of alkyl carbamates (subject to hydrolysis) is 2. The predicted octanol–water partition coefficient (Wildman–Crippen LogP) is 7.46. The molecule has 0 radical (unpaired) electrons. The highest BCUT2D eigenvalue weighted by molar-refractivity contribution is 7.55. The van der Waals surface area contributed by atoms with E-state index in [1.807, 2.05) is 0 Å². The van der Waals surface area contributed by atoms with E-state index in [0.717, 1.165) is 4.90 Å². The van der Waals surface area contributed by atoms with Crippen molar-refractivity contribution < 1.29 is 42.2 Å². The number of carbonyl (C=O) groups is 3. The fourth-order valence-corrected chi connectivity index (χ4v) is 5.75. The molecule has 0 saturated heterocycles. The molecule has 0 aliphatic heterocycles. The first-order chi connectivity index (χ1) is 22.0. The Labute approximate surface area is 274 Å². The van der Waals surface area contributed by atoms with Crippen LogP contribution in [0.25, 0.3) is 0 Å². The van der Waals surface area contributed by atoms with E-state index in [4.69, 9.17) is 28.7 Å². The number of carbonyl (C=O) groups excluding carboxylic acids is 3. The number of para-hydroxylation sites is 2. The Morgan fingerprint density at radius 3 is 1.70 bits per heavy atom. The molecule has 0 fully saturated rings. The molecule has 0 aliphatic rings. The van der Waals surface area contributed by atoms with Gasteiger partial charge in [-0.1, -0.05) is 48.5 Å². The number of nitrogens with one attached hydrogen (secondary N) is 3. The zero-order chi connectivity index (χ0) is 34.8. The fourth-order valence-electron chi connectivity index (χ4n) is 3.93. The second kappa shape index (κ2) is 15.5. The molecule has 3 amide bonds. The van der Waals surface area contributed by atoms with Crippen molar-refractivity contribution in [3.05, 3.63) is 90.5 Å². The largest absolute Gasteiger partial charge is 0.453 e. The molecular weight excluding hydrogens is 627 g/mol. The first-order valence-corrected chi connectivity index (χ1v) is 16.2. The monoisotopic (exact) mass is 668 g/mol. The number of hydrogen-bond donors (Lipinski definition) is 3. The minimum absolute atomic E-state index is 0.0631. The molecule has 13 nitrogen and oxygen atoms in total. The van der Waals surface area contributed by atoms with Gasteiger partial charge in [-0.15, -0.1) is 0 Å². The number of rotatable bonds is 9. The van der Waals surface area contributed by atoms with Crippen LogP contribution in [0.1, 0.15) is 47.1 Å². The number of methoxy groups -OCH3 is 1. The van der Waals surface area contributed by atoms with Crippen LogP contribution in [0, 0.1) is 5.41 Å². The van der Waals surface area contributed by atoms with Gasteiger partial charge in [0, 0.05) is 6.42 Å². The topological polar surface area (TPSA) is 166 Å². The molecule has 3 aromatic rings. The van der Waals surface area contributed by atoms with Crippen molar-refractivity contribution in [2.75, 3.05) is 12.0 Å². The smallest absolute Gasteiger partial charge is 0.453 e. The van der Waals surface area contributed by atoms with E-state index in [1.54, 1.807) is 114 Å². The Morgan fingerprint density at radius 2 is 1.26 bits per heavy atom. The summed E-state index contributed by atoms with van der Waals surface area (Å²) in [5.41, 5.74) is -1.04. The molecule has 14 heteroatoms. The minimum Gasteiger partial charge on any atom is -0.453 e. The van der Waals surface area contributed by atoms with Gasteiger partial charge < -0.3 is 28.6 Å². The molecule has 3 rings (SSSR count). The Bertz CT molecular complexity index is 1530. The average molecular weight is 669 g/mol. The van der Waals surface area contributed by atoms with Crippen molar-refractivity contribution in [3.63, 3.8) is 0 Å². The molecule has 47 heavy (non-hydrogen) atoms. The Hall–Kier alpha value is -5.03. The van der Waals surface area contributed by atoms with Gasteiger partial charge in [0.25, 0.3) is 0 Å². The van der Waals surface area contributed by atoms with Crippen molar-refractivity contribution >= 4 is 37.5 Å². The van der Waals surface area contributed by atoms with Crippen LogP contribution in [-0.2, 0) is 25.2 Å². The lowest BCUT2D eigenvalue weighted by Gasteiger charge is -2.29. The van der Waals surface area contributed by atoms with Gasteiger partial charge in [-0.2, -0.15) is 0 Å². The van der Waals surface area contributed by atoms with E-state index in [2.05, 4.69) is 10.6 Å². The van der Waals surface area contributed by atoms with Gasteiger partial charge in [-0.25, -0.2) is 23.8 Å². The van der Waals surface area contributed by atoms with Crippen LogP contribution in [0.4, 0.5) is 20.1 Å². The first kappa shape index (κ1) is 36.4. The molecule has 0 saturated carbocycles. The summed E-state index contributed by atoms with van der Waals surface area (Å²) in [4.78, 5) is 38.9. The van der Waals surface area contributed by atoms with Crippen LogP contribution < -0.4 is 24.6 Å². The lowest BCUT2D eigenvalue weighted by atomic mass is 10.1. The van der Waals surface area contributed by atoms with Gasteiger partial charge in [0.05, 0.1) is 12.8 Å². The maximum Gasteiger partial charge on any atom is 0.453 e. The summed E-state index contributed by atoms with van der Waals surface area (Å²) in [5, 5.41) is 13.3. The van der Waals surface area contributed by atoms with E-state index < -0.39 is 48.8 Å². The van der Waals surface area contributed by atoms with Gasteiger partial charge in [0.2, 0.25) is 5.96 Å². The summed E-state index contributed by atoms with van der Waals surface area (Å²) in [6.45, 7) is 9.99. The third kappa shape index (κ3) is 11.7. The van der Waals surface area contributed by atoms with E-state index in [9.17, 15) is 18.9 Å². The molecule has 1 unspecified atom stereocenters. The summed E-state index contributed by atoms with van der Waals surface area (Å²) >= 11 is 0. The normalized spacial score (nSPS) is 12.1. The maximum atomic E-state index is 14.5. The van der Waals surface area contributed by atoms with Crippen LogP contribution in [0.3, 0.4) is 0 Å². The van der Waals surface area contributed by atoms with Crippen LogP contribution in [0.5, 0.6) is 11.5 Å². The Balaban J connectivity index is 1.97. The van der Waals surface area contributed by atoms with Crippen LogP contribution in [0.15, 0.2) is 84.9 Å². The lowest BCUT2D eigenvalue weighted by molar-refractivity contribution is 0.0558. The average Bonchev–Trinajstić information content (AvgIpc) is 2.96. The zero-order valence-corrected chi connectivity index (χ0v) is 28.3. The van der Waals surface area contributed by atoms with Gasteiger partial charge >= 0.3 is 25.9 Å². The number of amides is 3. The van der Waals surface area contributed by atoms with E-state index >= 15 is 0 Å². The molecule has 0 spiro atoms. The first-order valence-electron chi connectivity index (χ1n) is 14.6. The third-order valence-corrected chi connectivity index (χ3v) is 7.85. The van der Waals surface area contributed by atoms with Crippen molar-refractivity contribution in [2.45, 2.75) is 64.9 Å². The van der Waals surface area contributed by atoms with Crippen molar-refractivity contribution in [3.8, 4) is 11.5 Å². The number of anilines is 1. The van der Waals surface area contributed by atoms with Crippen LogP contribution >= 0.6 is 7.60 Å². The molecule has 0 aliphatic carbocycles. The maximum absolute atomic E-state index is 14.5. The number of benzene rings is 3. The van der Waals surface area contributed by atoms with E-state index in [-0.39, 0.29) is 23.6 Å². The number of ether oxygens (including phenoxy) is 3. The Kier molecular flexibility index (Phi) is 12.0. The molecule has 252 valence electrons. The highest BCUT2D eigenvalue weighted by Crippen LogP contribution is 2.53.